The van der Waals surface area contributed by atoms with E-state index in [-0.39, 0.29) is 11.9 Å². The summed E-state index contributed by atoms with van der Waals surface area (Å²) in [4.78, 5) is 0. The summed E-state index contributed by atoms with van der Waals surface area (Å²) < 4.78 is 24.1. The highest BCUT2D eigenvalue weighted by atomic mass is 19.1. The first-order valence-corrected chi connectivity index (χ1v) is 5.34. The smallest absolute Gasteiger partial charge is 0.132 e. The summed E-state index contributed by atoms with van der Waals surface area (Å²) in [5.74, 6) is 0.135. The summed E-state index contributed by atoms with van der Waals surface area (Å²) in [6, 6.07) is 4.68. The van der Waals surface area contributed by atoms with Crippen molar-refractivity contribution in [2.45, 2.75) is 25.0 Å². The molecule has 0 aromatic heterocycles. The molecule has 0 saturated carbocycles. The summed E-state index contributed by atoms with van der Waals surface area (Å²) >= 11 is 0. The molecule has 1 heterocycles. The van der Waals surface area contributed by atoms with Gasteiger partial charge in [-0.25, -0.2) is 4.39 Å². The third kappa shape index (κ3) is 2.33. The van der Waals surface area contributed by atoms with E-state index in [9.17, 15) is 9.50 Å². The first kappa shape index (κ1) is 11.4. The molecule has 1 saturated heterocycles. The van der Waals surface area contributed by atoms with Crippen LogP contribution in [-0.4, -0.2) is 24.9 Å². The predicted molar refractivity (Wildman–Crippen MR) is 56.9 cm³/mol. The zero-order chi connectivity index (χ0) is 11.5. The molecular formula is C12H15FO3. The molecule has 1 N–H and O–H groups in total. The molecule has 0 aliphatic carbocycles. The highest BCUT2D eigenvalue weighted by Gasteiger charge is 2.24. The largest absolute Gasteiger partial charge is 0.497 e. The fourth-order valence-corrected chi connectivity index (χ4v) is 1.89. The molecule has 0 radical (unpaired) electrons. The SMILES string of the molecule is COc1ccc(C2CC(O)CCO2)c(F)c1. The van der Waals surface area contributed by atoms with Gasteiger partial charge in [0.25, 0.3) is 0 Å². The second kappa shape index (κ2) is 4.80. The van der Waals surface area contributed by atoms with Gasteiger partial charge in [-0.05, 0) is 18.6 Å². The Morgan fingerprint density at radius 3 is 2.94 bits per heavy atom. The van der Waals surface area contributed by atoms with Gasteiger partial charge in [0.05, 0.1) is 19.3 Å². The van der Waals surface area contributed by atoms with Crippen LogP contribution in [0.5, 0.6) is 5.75 Å². The average molecular weight is 226 g/mol. The fourth-order valence-electron chi connectivity index (χ4n) is 1.89. The summed E-state index contributed by atoms with van der Waals surface area (Å²) in [6.45, 7) is 0.470. The Morgan fingerprint density at radius 2 is 2.31 bits per heavy atom. The topological polar surface area (TPSA) is 38.7 Å². The van der Waals surface area contributed by atoms with Crippen molar-refractivity contribution in [3.63, 3.8) is 0 Å². The lowest BCUT2D eigenvalue weighted by Crippen LogP contribution is -2.24. The molecule has 0 bridgehead atoms. The number of rotatable bonds is 2. The molecule has 1 aliphatic rings. The fraction of sp³-hybridized carbons (Fsp3) is 0.500. The standard InChI is InChI=1S/C12H15FO3/c1-15-9-2-3-10(11(13)7-9)12-6-8(14)4-5-16-12/h2-3,7-8,12,14H,4-6H2,1H3. The van der Waals surface area contributed by atoms with Crippen LogP contribution in [0.15, 0.2) is 18.2 Å². The van der Waals surface area contributed by atoms with E-state index in [1.807, 2.05) is 0 Å². The van der Waals surface area contributed by atoms with Gasteiger partial charge in [-0.1, -0.05) is 0 Å². The lowest BCUT2D eigenvalue weighted by atomic mass is 9.99. The molecule has 2 rings (SSSR count). The van der Waals surface area contributed by atoms with Gasteiger partial charge in [0.2, 0.25) is 0 Å². The van der Waals surface area contributed by atoms with Crippen LogP contribution in [0.3, 0.4) is 0 Å². The second-order valence-corrected chi connectivity index (χ2v) is 3.93. The minimum atomic E-state index is -0.403. The average Bonchev–Trinajstić information content (AvgIpc) is 2.28. The number of aliphatic hydroxyl groups excluding tert-OH is 1. The van der Waals surface area contributed by atoms with Crippen LogP contribution in [0.4, 0.5) is 4.39 Å². The zero-order valence-corrected chi connectivity index (χ0v) is 9.15. The van der Waals surface area contributed by atoms with Crippen LogP contribution in [0, 0.1) is 5.82 Å². The zero-order valence-electron chi connectivity index (χ0n) is 9.15. The van der Waals surface area contributed by atoms with Gasteiger partial charge in [-0.2, -0.15) is 0 Å². The van der Waals surface area contributed by atoms with Crippen LogP contribution in [0.1, 0.15) is 24.5 Å². The lowest BCUT2D eigenvalue weighted by molar-refractivity contribution is -0.0461. The van der Waals surface area contributed by atoms with Gasteiger partial charge in [0.15, 0.2) is 0 Å². The molecule has 1 aliphatic heterocycles. The van der Waals surface area contributed by atoms with Crippen molar-refractivity contribution in [2.75, 3.05) is 13.7 Å². The molecule has 88 valence electrons. The molecule has 0 amide bonds. The molecule has 0 spiro atoms. The number of hydrogen-bond acceptors (Lipinski definition) is 3. The highest BCUT2D eigenvalue weighted by molar-refractivity contribution is 5.30. The van der Waals surface area contributed by atoms with Crippen LogP contribution in [-0.2, 0) is 4.74 Å². The first-order valence-electron chi connectivity index (χ1n) is 5.34. The van der Waals surface area contributed by atoms with Crippen molar-refractivity contribution in [1.82, 2.24) is 0 Å². The third-order valence-corrected chi connectivity index (χ3v) is 2.81. The van der Waals surface area contributed by atoms with Crippen LogP contribution >= 0.6 is 0 Å². The van der Waals surface area contributed by atoms with Gasteiger partial charge in [-0.3, -0.25) is 0 Å². The van der Waals surface area contributed by atoms with E-state index in [1.54, 1.807) is 12.1 Å². The molecule has 2 atom stereocenters. The second-order valence-electron chi connectivity index (χ2n) is 3.93. The van der Waals surface area contributed by atoms with Crippen molar-refractivity contribution in [1.29, 1.82) is 0 Å². The molecular weight excluding hydrogens is 211 g/mol. The van der Waals surface area contributed by atoms with E-state index < -0.39 is 6.10 Å². The van der Waals surface area contributed by atoms with E-state index >= 15 is 0 Å². The molecule has 4 heteroatoms. The van der Waals surface area contributed by atoms with Gasteiger partial charge in [-0.15, -0.1) is 0 Å². The number of aliphatic hydroxyl groups is 1. The Labute approximate surface area is 93.8 Å². The number of hydrogen-bond donors (Lipinski definition) is 1. The van der Waals surface area contributed by atoms with Gasteiger partial charge in [0, 0.05) is 24.7 Å². The Balaban J connectivity index is 2.19. The maximum absolute atomic E-state index is 13.7. The molecule has 1 aromatic rings. The van der Waals surface area contributed by atoms with Crippen LogP contribution in [0.2, 0.25) is 0 Å². The Kier molecular flexibility index (Phi) is 3.41. The van der Waals surface area contributed by atoms with E-state index in [1.165, 1.54) is 13.2 Å². The maximum Gasteiger partial charge on any atom is 0.132 e. The van der Waals surface area contributed by atoms with Crippen LogP contribution in [0.25, 0.3) is 0 Å². The first-order chi connectivity index (χ1) is 7.70. The normalized spacial score (nSPS) is 25.4. The Bertz CT molecular complexity index is 367. The van der Waals surface area contributed by atoms with Gasteiger partial charge < -0.3 is 14.6 Å². The third-order valence-electron chi connectivity index (χ3n) is 2.81. The molecule has 2 unspecified atom stereocenters. The summed E-state index contributed by atoms with van der Waals surface area (Å²) in [7, 11) is 1.50. The van der Waals surface area contributed by atoms with Crippen molar-refractivity contribution in [3.05, 3.63) is 29.6 Å². The highest BCUT2D eigenvalue weighted by Crippen LogP contribution is 2.31. The number of ether oxygens (including phenoxy) is 2. The summed E-state index contributed by atoms with van der Waals surface area (Å²) in [6.07, 6.45) is 0.312. The molecule has 16 heavy (non-hydrogen) atoms. The minimum absolute atomic E-state index is 0.349. The molecule has 3 nitrogen and oxygen atoms in total. The van der Waals surface area contributed by atoms with Crippen molar-refractivity contribution < 1.29 is 19.0 Å². The van der Waals surface area contributed by atoms with Crippen molar-refractivity contribution >= 4 is 0 Å². The summed E-state index contributed by atoms with van der Waals surface area (Å²) in [5, 5.41) is 9.51. The van der Waals surface area contributed by atoms with Crippen molar-refractivity contribution in [2.24, 2.45) is 0 Å². The van der Waals surface area contributed by atoms with E-state index in [0.717, 1.165) is 0 Å². The quantitative estimate of drug-likeness (QED) is 0.838. The van der Waals surface area contributed by atoms with E-state index in [0.29, 0.717) is 30.8 Å². The maximum atomic E-state index is 13.7. The number of halogens is 1. The van der Waals surface area contributed by atoms with Crippen molar-refractivity contribution in [3.8, 4) is 5.75 Å². The summed E-state index contributed by atoms with van der Waals surface area (Å²) in [5.41, 5.74) is 0.486. The van der Waals surface area contributed by atoms with Gasteiger partial charge in [0.1, 0.15) is 11.6 Å². The lowest BCUT2D eigenvalue weighted by Gasteiger charge is -2.27. The number of benzene rings is 1. The number of methoxy groups -OCH3 is 1. The minimum Gasteiger partial charge on any atom is -0.497 e. The Hall–Kier alpha value is -1.13. The van der Waals surface area contributed by atoms with Gasteiger partial charge >= 0.3 is 0 Å². The molecule has 1 fully saturated rings. The predicted octanol–water partition coefficient (Wildman–Crippen LogP) is 2.05. The van der Waals surface area contributed by atoms with E-state index in [4.69, 9.17) is 9.47 Å². The van der Waals surface area contributed by atoms with E-state index in [2.05, 4.69) is 0 Å². The van der Waals surface area contributed by atoms with Crippen LogP contribution < -0.4 is 4.74 Å². The Morgan fingerprint density at radius 1 is 1.50 bits per heavy atom. The molecule has 1 aromatic carbocycles. The monoisotopic (exact) mass is 226 g/mol.